The van der Waals surface area contributed by atoms with E-state index >= 15 is 0 Å². The van der Waals surface area contributed by atoms with Crippen LogP contribution in [0.2, 0.25) is 0 Å². The van der Waals surface area contributed by atoms with Crippen molar-refractivity contribution in [2.75, 3.05) is 6.61 Å². The summed E-state index contributed by atoms with van der Waals surface area (Å²) >= 11 is 0. The van der Waals surface area contributed by atoms with Crippen LogP contribution >= 0.6 is 0 Å². The Kier molecular flexibility index (Phi) is 8.60. The maximum Gasteiger partial charge on any atom is 0.184 e. The van der Waals surface area contributed by atoms with Gasteiger partial charge in [-0.25, -0.2) is 0 Å². The van der Waals surface area contributed by atoms with Crippen molar-refractivity contribution < 1.29 is 29.2 Å². The minimum absolute atomic E-state index is 0.277. The van der Waals surface area contributed by atoms with Gasteiger partial charge in [0.25, 0.3) is 0 Å². The fourth-order valence-electron chi connectivity index (χ4n) is 3.89. The molecule has 5 atom stereocenters. The molecular weight excluding hydrogens is 420 g/mol. The number of hydrogen-bond acceptors (Lipinski definition) is 6. The topological polar surface area (TPSA) is 77.4 Å². The average molecular weight is 451 g/mol. The highest BCUT2D eigenvalue weighted by atomic mass is 16.7. The third kappa shape index (κ3) is 6.48. The Morgan fingerprint density at radius 3 is 1.61 bits per heavy atom. The van der Waals surface area contributed by atoms with Gasteiger partial charge in [-0.1, -0.05) is 91.0 Å². The molecule has 6 nitrogen and oxygen atoms in total. The molecule has 1 fully saturated rings. The molecule has 1 aliphatic rings. The van der Waals surface area contributed by atoms with Crippen LogP contribution in [0.1, 0.15) is 16.7 Å². The Hall–Kier alpha value is -2.58. The highest BCUT2D eigenvalue weighted by Gasteiger charge is 2.49. The predicted molar refractivity (Wildman–Crippen MR) is 123 cm³/mol. The van der Waals surface area contributed by atoms with Crippen LogP contribution in [0.3, 0.4) is 0 Å². The minimum atomic E-state index is -1.20. The Bertz CT molecular complexity index is 937. The number of ether oxygens (including phenoxy) is 4. The van der Waals surface area contributed by atoms with Crippen LogP contribution in [0.4, 0.5) is 0 Å². The van der Waals surface area contributed by atoms with Gasteiger partial charge in [0, 0.05) is 0 Å². The second kappa shape index (κ2) is 12.0. The van der Waals surface area contributed by atoms with Crippen molar-refractivity contribution >= 4 is 0 Å². The van der Waals surface area contributed by atoms with Crippen LogP contribution in [0.15, 0.2) is 91.0 Å². The number of benzene rings is 3. The van der Waals surface area contributed by atoms with Crippen LogP contribution in [0.5, 0.6) is 0 Å². The molecule has 1 aliphatic heterocycles. The van der Waals surface area contributed by atoms with E-state index in [4.69, 9.17) is 18.9 Å². The van der Waals surface area contributed by atoms with E-state index in [2.05, 4.69) is 0 Å². The van der Waals surface area contributed by atoms with Gasteiger partial charge in [0.1, 0.15) is 24.4 Å². The van der Waals surface area contributed by atoms with E-state index in [1.165, 1.54) is 0 Å². The summed E-state index contributed by atoms with van der Waals surface area (Å²) in [4.78, 5) is 0. The Balaban J connectivity index is 1.47. The highest BCUT2D eigenvalue weighted by molar-refractivity contribution is 5.15. The lowest BCUT2D eigenvalue weighted by molar-refractivity contribution is -0.170. The zero-order chi connectivity index (χ0) is 22.9. The summed E-state index contributed by atoms with van der Waals surface area (Å²) in [6.07, 6.45) is -3.94. The molecule has 174 valence electrons. The molecule has 3 aromatic rings. The third-order valence-electron chi connectivity index (χ3n) is 5.65. The fourth-order valence-corrected chi connectivity index (χ4v) is 3.89. The minimum Gasteiger partial charge on any atom is -0.394 e. The van der Waals surface area contributed by atoms with Gasteiger partial charge in [0.2, 0.25) is 0 Å². The molecule has 4 rings (SSSR count). The van der Waals surface area contributed by atoms with Gasteiger partial charge >= 0.3 is 0 Å². The monoisotopic (exact) mass is 450 g/mol. The predicted octanol–water partition coefficient (Wildman–Crippen LogP) is 3.45. The molecule has 0 aromatic heterocycles. The van der Waals surface area contributed by atoms with Crippen molar-refractivity contribution in [2.24, 2.45) is 0 Å². The first-order valence-electron chi connectivity index (χ1n) is 11.2. The molecular formula is C27H30O6. The summed E-state index contributed by atoms with van der Waals surface area (Å²) in [6, 6.07) is 29.2. The molecule has 0 saturated carbocycles. The summed E-state index contributed by atoms with van der Waals surface area (Å²) in [7, 11) is 0. The SMILES string of the molecule is OC[C@@H](OCc1ccccc1)[C@@H]1O[C@@H](O)[C@H](OCc2ccccc2)[C@H]1OCc1ccccc1. The summed E-state index contributed by atoms with van der Waals surface area (Å²) in [5.74, 6) is 0. The summed E-state index contributed by atoms with van der Waals surface area (Å²) in [5, 5.41) is 20.7. The van der Waals surface area contributed by atoms with E-state index < -0.39 is 30.7 Å². The van der Waals surface area contributed by atoms with Crippen LogP contribution in [-0.4, -0.2) is 47.5 Å². The van der Waals surface area contributed by atoms with Crippen LogP contribution in [-0.2, 0) is 38.8 Å². The van der Waals surface area contributed by atoms with Crippen molar-refractivity contribution in [1.82, 2.24) is 0 Å². The van der Waals surface area contributed by atoms with Gasteiger partial charge in [-0.15, -0.1) is 0 Å². The Morgan fingerprint density at radius 2 is 1.12 bits per heavy atom. The maximum absolute atomic E-state index is 10.7. The van der Waals surface area contributed by atoms with E-state index in [-0.39, 0.29) is 6.61 Å². The number of hydrogen-bond donors (Lipinski definition) is 2. The van der Waals surface area contributed by atoms with Crippen molar-refractivity contribution in [3.05, 3.63) is 108 Å². The molecule has 1 saturated heterocycles. The summed E-state index contributed by atoms with van der Waals surface area (Å²) in [6.45, 7) is 0.655. The van der Waals surface area contributed by atoms with Gasteiger partial charge in [-0.05, 0) is 16.7 Å². The van der Waals surface area contributed by atoms with Crippen molar-refractivity contribution in [2.45, 2.75) is 50.5 Å². The van der Waals surface area contributed by atoms with Crippen molar-refractivity contribution in [3.63, 3.8) is 0 Å². The molecule has 0 bridgehead atoms. The summed E-state index contributed by atoms with van der Waals surface area (Å²) < 4.78 is 24.1. The molecule has 0 spiro atoms. The number of aliphatic hydroxyl groups excluding tert-OH is 2. The number of rotatable bonds is 11. The molecule has 2 N–H and O–H groups in total. The molecule has 0 amide bonds. The van der Waals surface area contributed by atoms with E-state index in [9.17, 15) is 10.2 Å². The van der Waals surface area contributed by atoms with Gasteiger partial charge in [0.05, 0.1) is 26.4 Å². The molecule has 33 heavy (non-hydrogen) atoms. The van der Waals surface area contributed by atoms with Crippen molar-refractivity contribution in [3.8, 4) is 0 Å². The van der Waals surface area contributed by atoms with Gasteiger partial charge in [-0.3, -0.25) is 0 Å². The highest BCUT2D eigenvalue weighted by Crippen LogP contribution is 2.30. The molecule has 6 heteroatoms. The lowest BCUT2D eigenvalue weighted by Gasteiger charge is -2.28. The molecule has 0 radical (unpaired) electrons. The first-order chi connectivity index (χ1) is 16.2. The smallest absolute Gasteiger partial charge is 0.184 e. The van der Waals surface area contributed by atoms with Crippen LogP contribution in [0, 0.1) is 0 Å². The van der Waals surface area contributed by atoms with Crippen molar-refractivity contribution in [1.29, 1.82) is 0 Å². The fraction of sp³-hybridized carbons (Fsp3) is 0.333. The number of aliphatic hydroxyl groups is 2. The standard InChI is InChI=1S/C27H30O6/c28-16-23(30-17-20-10-4-1-5-11-20)24-25(31-18-21-12-6-2-7-13-21)26(27(29)33-24)32-19-22-14-8-3-9-15-22/h1-15,23-29H,16-19H2/t23-,24+,25+,26-,27-/m1/s1. The molecule has 0 unspecified atom stereocenters. The Labute approximate surface area is 194 Å². The van der Waals surface area contributed by atoms with Crippen LogP contribution < -0.4 is 0 Å². The average Bonchev–Trinajstić information content (AvgIpc) is 3.18. The lowest BCUT2D eigenvalue weighted by atomic mass is 10.1. The van der Waals surface area contributed by atoms with Gasteiger partial charge in [0.15, 0.2) is 6.29 Å². The molecule has 3 aromatic carbocycles. The zero-order valence-corrected chi connectivity index (χ0v) is 18.4. The van der Waals surface area contributed by atoms with E-state index in [0.717, 1.165) is 16.7 Å². The first-order valence-corrected chi connectivity index (χ1v) is 11.2. The zero-order valence-electron chi connectivity index (χ0n) is 18.4. The van der Waals surface area contributed by atoms with E-state index in [1.807, 2.05) is 91.0 Å². The Morgan fingerprint density at radius 1 is 0.667 bits per heavy atom. The van der Waals surface area contributed by atoms with Gasteiger partial charge in [-0.2, -0.15) is 0 Å². The third-order valence-corrected chi connectivity index (χ3v) is 5.65. The lowest BCUT2D eigenvalue weighted by Crippen LogP contribution is -2.44. The summed E-state index contributed by atoms with van der Waals surface area (Å²) in [5.41, 5.74) is 2.95. The van der Waals surface area contributed by atoms with E-state index in [0.29, 0.717) is 19.8 Å². The molecule has 0 aliphatic carbocycles. The quantitative estimate of drug-likeness (QED) is 0.466. The second-order valence-electron chi connectivity index (χ2n) is 8.03. The van der Waals surface area contributed by atoms with Crippen LogP contribution in [0.25, 0.3) is 0 Å². The first kappa shape index (κ1) is 23.6. The largest absolute Gasteiger partial charge is 0.394 e. The maximum atomic E-state index is 10.7. The van der Waals surface area contributed by atoms with Gasteiger partial charge < -0.3 is 29.2 Å². The normalized spacial score (nSPS) is 23.5. The second-order valence-corrected chi connectivity index (χ2v) is 8.03. The molecule has 1 heterocycles. The van der Waals surface area contributed by atoms with E-state index in [1.54, 1.807) is 0 Å².